The lowest BCUT2D eigenvalue weighted by Gasteiger charge is -2.06. The molecule has 0 radical (unpaired) electrons. The molecule has 4 heteroatoms. The van der Waals surface area contributed by atoms with E-state index < -0.39 is 5.97 Å². The highest BCUT2D eigenvalue weighted by atomic mass is 16.5. The predicted octanol–water partition coefficient (Wildman–Crippen LogP) is 2.13. The van der Waals surface area contributed by atoms with E-state index in [1.54, 1.807) is 12.3 Å². The van der Waals surface area contributed by atoms with Crippen LogP contribution in [-0.4, -0.2) is 18.1 Å². The van der Waals surface area contributed by atoms with Gasteiger partial charge in [0.15, 0.2) is 0 Å². The Kier molecular flexibility index (Phi) is 2.37. The molecule has 0 amide bonds. The SMILES string of the molecule is COC(=O)c1cc(C#N)c2cc[nH]c2c1C. The van der Waals surface area contributed by atoms with Crippen LogP contribution in [0.15, 0.2) is 18.3 Å². The van der Waals surface area contributed by atoms with Gasteiger partial charge in [-0.1, -0.05) is 0 Å². The maximum absolute atomic E-state index is 11.5. The first kappa shape index (κ1) is 10.2. The Morgan fingerprint density at radius 3 is 2.94 bits per heavy atom. The summed E-state index contributed by atoms with van der Waals surface area (Å²) in [5.41, 5.74) is 2.50. The number of benzene rings is 1. The van der Waals surface area contributed by atoms with Gasteiger partial charge in [0.25, 0.3) is 0 Å². The molecule has 16 heavy (non-hydrogen) atoms. The van der Waals surface area contributed by atoms with E-state index in [2.05, 4.69) is 15.8 Å². The average molecular weight is 214 g/mol. The van der Waals surface area contributed by atoms with Gasteiger partial charge in [-0.3, -0.25) is 0 Å². The summed E-state index contributed by atoms with van der Waals surface area (Å²) in [6.45, 7) is 1.83. The molecule has 0 bridgehead atoms. The van der Waals surface area contributed by atoms with E-state index in [9.17, 15) is 4.79 Å². The number of aromatic amines is 1. The molecule has 0 aliphatic heterocycles. The fourth-order valence-corrected chi connectivity index (χ4v) is 1.78. The lowest BCUT2D eigenvalue weighted by Crippen LogP contribution is -2.05. The zero-order chi connectivity index (χ0) is 11.7. The number of H-pyrrole nitrogens is 1. The van der Waals surface area contributed by atoms with Gasteiger partial charge in [0, 0.05) is 11.6 Å². The third-order valence-electron chi connectivity index (χ3n) is 2.63. The van der Waals surface area contributed by atoms with Crippen LogP contribution in [0.3, 0.4) is 0 Å². The molecule has 0 atom stereocenters. The van der Waals surface area contributed by atoms with E-state index in [1.807, 2.05) is 13.0 Å². The molecule has 1 aromatic carbocycles. The van der Waals surface area contributed by atoms with Gasteiger partial charge < -0.3 is 9.72 Å². The van der Waals surface area contributed by atoms with Gasteiger partial charge in [-0.2, -0.15) is 5.26 Å². The highest BCUT2D eigenvalue weighted by molar-refractivity contribution is 5.99. The molecule has 80 valence electrons. The molecule has 1 heterocycles. The number of aromatic nitrogens is 1. The average Bonchev–Trinajstić information content (AvgIpc) is 2.78. The number of ether oxygens (including phenoxy) is 1. The second-order valence-corrected chi connectivity index (χ2v) is 3.47. The minimum atomic E-state index is -0.425. The van der Waals surface area contributed by atoms with Gasteiger partial charge in [0.2, 0.25) is 0 Å². The summed E-state index contributed by atoms with van der Waals surface area (Å²) in [5, 5.41) is 9.83. The molecule has 0 aliphatic carbocycles. The number of nitrogens with one attached hydrogen (secondary N) is 1. The summed E-state index contributed by atoms with van der Waals surface area (Å²) in [6, 6.07) is 5.46. The largest absolute Gasteiger partial charge is 0.465 e. The molecule has 2 aromatic rings. The van der Waals surface area contributed by atoms with E-state index in [0.717, 1.165) is 16.5 Å². The summed E-state index contributed by atoms with van der Waals surface area (Å²) in [7, 11) is 1.33. The van der Waals surface area contributed by atoms with Gasteiger partial charge >= 0.3 is 5.97 Å². The van der Waals surface area contributed by atoms with Gasteiger partial charge in [-0.25, -0.2) is 4.79 Å². The molecule has 4 nitrogen and oxygen atoms in total. The number of carbonyl (C=O) groups is 1. The van der Waals surface area contributed by atoms with Gasteiger partial charge in [0.1, 0.15) is 0 Å². The number of aryl methyl sites for hydroxylation is 1. The second kappa shape index (κ2) is 3.70. The number of nitrogens with zero attached hydrogens (tertiary/aromatic N) is 1. The third kappa shape index (κ3) is 1.34. The standard InChI is InChI=1S/C12H10N2O2/c1-7-10(12(15)16-2)5-8(6-13)9-3-4-14-11(7)9/h3-5,14H,1-2H3. The zero-order valence-electron chi connectivity index (χ0n) is 9.00. The Morgan fingerprint density at radius 2 is 2.31 bits per heavy atom. The molecule has 0 spiro atoms. The van der Waals surface area contributed by atoms with E-state index >= 15 is 0 Å². The van der Waals surface area contributed by atoms with Crippen molar-refractivity contribution in [2.24, 2.45) is 0 Å². The van der Waals surface area contributed by atoms with Crippen molar-refractivity contribution in [1.29, 1.82) is 5.26 Å². The van der Waals surface area contributed by atoms with E-state index in [0.29, 0.717) is 11.1 Å². The molecule has 0 fully saturated rings. The van der Waals surface area contributed by atoms with Crippen LogP contribution in [0.2, 0.25) is 0 Å². The molecule has 1 N–H and O–H groups in total. The van der Waals surface area contributed by atoms with Crippen molar-refractivity contribution in [3.8, 4) is 6.07 Å². The predicted molar refractivity (Wildman–Crippen MR) is 59.1 cm³/mol. The number of methoxy groups -OCH3 is 1. The van der Waals surface area contributed by atoms with E-state index in [1.165, 1.54) is 7.11 Å². The Labute approximate surface area is 92.4 Å². The number of hydrogen-bond acceptors (Lipinski definition) is 3. The lowest BCUT2D eigenvalue weighted by molar-refractivity contribution is 0.0600. The van der Waals surface area contributed by atoms with Gasteiger partial charge in [0.05, 0.1) is 29.8 Å². The van der Waals surface area contributed by atoms with Crippen LogP contribution < -0.4 is 0 Å². The Morgan fingerprint density at radius 1 is 1.56 bits per heavy atom. The quantitative estimate of drug-likeness (QED) is 0.739. The normalized spacial score (nSPS) is 10.1. The van der Waals surface area contributed by atoms with E-state index in [-0.39, 0.29) is 0 Å². The van der Waals surface area contributed by atoms with Crippen LogP contribution in [0.4, 0.5) is 0 Å². The molecule has 0 saturated heterocycles. The van der Waals surface area contributed by atoms with Gasteiger partial charge in [-0.15, -0.1) is 0 Å². The third-order valence-corrected chi connectivity index (χ3v) is 2.63. The Balaban J connectivity index is 2.82. The van der Waals surface area contributed by atoms with E-state index in [4.69, 9.17) is 5.26 Å². The van der Waals surface area contributed by atoms with Crippen LogP contribution in [-0.2, 0) is 4.74 Å². The smallest absolute Gasteiger partial charge is 0.338 e. The summed E-state index contributed by atoms with van der Waals surface area (Å²) >= 11 is 0. The fraction of sp³-hybridized carbons (Fsp3) is 0.167. The van der Waals surface area contributed by atoms with Crippen molar-refractivity contribution in [1.82, 2.24) is 4.98 Å². The first-order valence-corrected chi connectivity index (χ1v) is 4.78. The molecule has 0 saturated carbocycles. The van der Waals surface area contributed by atoms with Crippen LogP contribution in [0.1, 0.15) is 21.5 Å². The number of hydrogen-bond donors (Lipinski definition) is 1. The highest BCUT2D eigenvalue weighted by Gasteiger charge is 2.15. The second-order valence-electron chi connectivity index (χ2n) is 3.47. The number of carbonyl (C=O) groups excluding carboxylic acids is 1. The highest BCUT2D eigenvalue weighted by Crippen LogP contribution is 2.24. The molecule has 1 aromatic heterocycles. The van der Waals surface area contributed by atoms with Crippen molar-refractivity contribution >= 4 is 16.9 Å². The number of nitriles is 1. The first-order valence-electron chi connectivity index (χ1n) is 4.78. The van der Waals surface area contributed by atoms with Crippen molar-refractivity contribution in [3.63, 3.8) is 0 Å². The van der Waals surface area contributed by atoms with Crippen LogP contribution in [0, 0.1) is 18.3 Å². The van der Waals surface area contributed by atoms with Crippen molar-refractivity contribution < 1.29 is 9.53 Å². The summed E-state index contributed by atoms with van der Waals surface area (Å²) < 4.78 is 4.68. The first-order chi connectivity index (χ1) is 7.69. The summed E-state index contributed by atoms with van der Waals surface area (Å²) in [6.07, 6.45) is 1.75. The zero-order valence-corrected chi connectivity index (χ0v) is 9.00. The minimum absolute atomic E-state index is 0.425. The van der Waals surface area contributed by atoms with Crippen molar-refractivity contribution in [2.75, 3.05) is 7.11 Å². The van der Waals surface area contributed by atoms with Crippen LogP contribution in [0.25, 0.3) is 10.9 Å². The van der Waals surface area contributed by atoms with Crippen LogP contribution >= 0.6 is 0 Å². The lowest BCUT2D eigenvalue weighted by atomic mass is 10.0. The van der Waals surface area contributed by atoms with Crippen LogP contribution in [0.5, 0.6) is 0 Å². The molecular formula is C12H10N2O2. The van der Waals surface area contributed by atoms with Crippen molar-refractivity contribution in [2.45, 2.75) is 6.92 Å². The van der Waals surface area contributed by atoms with Gasteiger partial charge in [-0.05, 0) is 24.6 Å². The summed E-state index contributed by atoms with van der Waals surface area (Å²) in [4.78, 5) is 14.5. The molecule has 0 aliphatic rings. The maximum Gasteiger partial charge on any atom is 0.338 e. The molecule has 2 rings (SSSR count). The fourth-order valence-electron chi connectivity index (χ4n) is 1.78. The molecule has 0 unspecified atom stereocenters. The Hall–Kier alpha value is -2.28. The molecular weight excluding hydrogens is 204 g/mol. The number of esters is 1. The number of fused-ring (bicyclic) bond motifs is 1. The number of rotatable bonds is 1. The summed E-state index contributed by atoms with van der Waals surface area (Å²) in [5.74, 6) is -0.425. The maximum atomic E-state index is 11.5. The topological polar surface area (TPSA) is 65.9 Å². The Bertz CT molecular complexity index is 605. The van der Waals surface area contributed by atoms with Crippen molar-refractivity contribution in [3.05, 3.63) is 35.0 Å². The minimum Gasteiger partial charge on any atom is -0.465 e. The monoisotopic (exact) mass is 214 g/mol.